The van der Waals surface area contributed by atoms with Crippen molar-refractivity contribution in [2.45, 2.75) is 0 Å². The molecule has 108 valence electrons. The Morgan fingerprint density at radius 3 is 2.77 bits per heavy atom. The van der Waals surface area contributed by atoms with Gasteiger partial charge in [0.2, 0.25) is 4.96 Å². The lowest BCUT2D eigenvalue weighted by Gasteiger charge is -1.99. The van der Waals surface area contributed by atoms with Crippen LogP contribution in [-0.4, -0.2) is 14.6 Å². The molecule has 1 aromatic carbocycles. The van der Waals surface area contributed by atoms with Gasteiger partial charge in [-0.05, 0) is 29.7 Å². The first kappa shape index (κ1) is 13.6. The molecule has 0 spiro atoms. The molecule has 0 amide bonds. The topological polar surface area (TPSA) is 47.3 Å². The lowest BCUT2D eigenvalue weighted by Crippen LogP contribution is -2.23. The normalized spacial score (nSPS) is 12.3. The highest BCUT2D eigenvalue weighted by Gasteiger charge is 2.15. The van der Waals surface area contributed by atoms with Gasteiger partial charge in [0.05, 0.1) is 9.55 Å². The predicted molar refractivity (Wildman–Crippen MR) is 90.7 cm³/mol. The van der Waals surface area contributed by atoms with E-state index in [1.807, 2.05) is 41.8 Å². The highest BCUT2D eigenvalue weighted by Crippen LogP contribution is 2.25. The standard InChI is InChI=1S/C15H8ClN3OS2/c16-11-6-2-1-5-10(11)13-17-18-15-19(13)14(20)12(22-15)8-9-4-3-7-21-9/h1-8H. The van der Waals surface area contributed by atoms with E-state index in [1.165, 1.54) is 15.7 Å². The van der Waals surface area contributed by atoms with Gasteiger partial charge in [-0.15, -0.1) is 21.5 Å². The number of aromatic nitrogens is 3. The van der Waals surface area contributed by atoms with Gasteiger partial charge in [-0.1, -0.05) is 41.1 Å². The smallest absolute Gasteiger partial charge is 0.267 e. The van der Waals surface area contributed by atoms with Crippen LogP contribution >= 0.6 is 34.3 Å². The van der Waals surface area contributed by atoms with Crippen LogP contribution in [0.4, 0.5) is 0 Å². The number of halogens is 1. The van der Waals surface area contributed by atoms with Crippen molar-refractivity contribution in [1.29, 1.82) is 0 Å². The van der Waals surface area contributed by atoms with Crippen molar-refractivity contribution in [3.8, 4) is 11.4 Å². The number of nitrogens with zero attached hydrogens (tertiary/aromatic N) is 3. The number of hydrogen-bond acceptors (Lipinski definition) is 5. The van der Waals surface area contributed by atoms with Gasteiger partial charge in [-0.3, -0.25) is 4.79 Å². The fraction of sp³-hybridized carbons (Fsp3) is 0. The number of thiophene rings is 1. The molecule has 4 rings (SSSR count). The lowest BCUT2D eigenvalue weighted by molar-refractivity contribution is 1.09. The van der Waals surface area contributed by atoms with E-state index in [2.05, 4.69) is 10.2 Å². The van der Waals surface area contributed by atoms with Crippen molar-refractivity contribution in [2.75, 3.05) is 0 Å². The van der Waals surface area contributed by atoms with Crippen LogP contribution in [0.25, 0.3) is 22.4 Å². The summed E-state index contributed by atoms with van der Waals surface area (Å²) in [6.07, 6.45) is 1.88. The predicted octanol–water partition coefficient (Wildman–Crippen LogP) is 3.08. The molecule has 0 radical (unpaired) electrons. The minimum Gasteiger partial charge on any atom is -0.267 e. The third-order valence-corrected chi connectivity index (χ3v) is 5.29. The third-order valence-electron chi connectivity index (χ3n) is 3.18. The summed E-state index contributed by atoms with van der Waals surface area (Å²) in [5.41, 5.74) is 0.586. The number of fused-ring (bicyclic) bond motifs is 1. The maximum atomic E-state index is 12.6. The Balaban J connectivity index is 1.99. The summed E-state index contributed by atoms with van der Waals surface area (Å²) in [4.78, 5) is 14.3. The number of rotatable bonds is 2. The molecule has 22 heavy (non-hydrogen) atoms. The molecule has 0 saturated heterocycles. The monoisotopic (exact) mass is 345 g/mol. The van der Waals surface area contributed by atoms with Gasteiger partial charge in [0.15, 0.2) is 5.82 Å². The highest BCUT2D eigenvalue weighted by atomic mass is 35.5. The molecule has 0 atom stereocenters. The molecule has 7 heteroatoms. The van der Waals surface area contributed by atoms with E-state index in [9.17, 15) is 4.79 Å². The third kappa shape index (κ3) is 2.16. The summed E-state index contributed by atoms with van der Waals surface area (Å²) in [5.74, 6) is 0.479. The summed E-state index contributed by atoms with van der Waals surface area (Å²) in [6, 6.07) is 11.2. The first-order valence-electron chi connectivity index (χ1n) is 6.42. The van der Waals surface area contributed by atoms with Gasteiger partial charge in [0.25, 0.3) is 5.56 Å². The molecule has 0 aliphatic heterocycles. The number of benzene rings is 1. The van der Waals surface area contributed by atoms with E-state index in [-0.39, 0.29) is 5.56 Å². The maximum Gasteiger partial charge on any atom is 0.276 e. The zero-order valence-electron chi connectivity index (χ0n) is 11.1. The SMILES string of the molecule is O=c1c(=Cc2cccs2)sc2nnc(-c3ccccc3Cl)n12. The van der Waals surface area contributed by atoms with Crippen molar-refractivity contribution in [3.63, 3.8) is 0 Å². The Morgan fingerprint density at radius 2 is 2.00 bits per heavy atom. The van der Waals surface area contributed by atoms with E-state index in [4.69, 9.17) is 11.6 Å². The van der Waals surface area contributed by atoms with Crippen molar-refractivity contribution in [1.82, 2.24) is 14.6 Å². The van der Waals surface area contributed by atoms with Gasteiger partial charge in [0.1, 0.15) is 0 Å². The zero-order chi connectivity index (χ0) is 15.1. The van der Waals surface area contributed by atoms with E-state index in [0.717, 1.165) is 4.88 Å². The molecule has 0 aliphatic rings. The summed E-state index contributed by atoms with van der Waals surface area (Å²) < 4.78 is 2.16. The molecular weight excluding hydrogens is 338 g/mol. The largest absolute Gasteiger partial charge is 0.276 e. The molecule has 4 aromatic rings. The van der Waals surface area contributed by atoms with Gasteiger partial charge in [0, 0.05) is 10.4 Å². The van der Waals surface area contributed by atoms with Crippen LogP contribution in [0.5, 0.6) is 0 Å². The Kier molecular flexibility index (Phi) is 3.29. The van der Waals surface area contributed by atoms with Crippen LogP contribution in [-0.2, 0) is 0 Å². The van der Waals surface area contributed by atoms with Crippen LogP contribution < -0.4 is 10.1 Å². The summed E-state index contributed by atoms with van der Waals surface area (Å²) in [6.45, 7) is 0. The average molecular weight is 346 g/mol. The second-order valence-electron chi connectivity index (χ2n) is 4.55. The van der Waals surface area contributed by atoms with Gasteiger partial charge in [-0.2, -0.15) is 0 Å². The summed E-state index contributed by atoms with van der Waals surface area (Å²) in [7, 11) is 0. The Hall–Kier alpha value is -2.02. The fourth-order valence-corrected chi connectivity index (χ4v) is 4.04. The number of hydrogen-bond donors (Lipinski definition) is 0. The van der Waals surface area contributed by atoms with E-state index in [1.54, 1.807) is 17.4 Å². The molecule has 0 N–H and O–H groups in total. The van der Waals surface area contributed by atoms with Crippen LogP contribution in [0, 0.1) is 0 Å². The quantitative estimate of drug-likeness (QED) is 0.561. The van der Waals surface area contributed by atoms with Crippen molar-refractivity contribution in [2.24, 2.45) is 0 Å². The second-order valence-corrected chi connectivity index (χ2v) is 6.95. The number of thiazole rings is 1. The minimum absolute atomic E-state index is 0.117. The molecule has 3 heterocycles. The first-order chi connectivity index (χ1) is 10.7. The molecular formula is C15H8ClN3OS2. The Morgan fingerprint density at radius 1 is 1.14 bits per heavy atom. The highest BCUT2D eigenvalue weighted by molar-refractivity contribution is 7.15. The molecule has 3 aromatic heterocycles. The Labute approximate surface area is 137 Å². The summed E-state index contributed by atoms with van der Waals surface area (Å²) in [5, 5.41) is 10.7. The maximum absolute atomic E-state index is 12.6. The molecule has 0 bridgehead atoms. The molecule has 0 fully saturated rings. The fourth-order valence-electron chi connectivity index (χ4n) is 2.18. The van der Waals surface area contributed by atoms with Crippen molar-refractivity contribution in [3.05, 3.63) is 66.6 Å². The van der Waals surface area contributed by atoms with Gasteiger partial charge < -0.3 is 0 Å². The van der Waals surface area contributed by atoms with Crippen LogP contribution in [0.1, 0.15) is 4.88 Å². The molecule has 0 unspecified atom stereocenters. The van der Waals surface area contributed by atoms with Gasteiger partial charge in [-0.25, -0.2) is 4.40 Å². The van der Waals surface area contributed by atoms with Crippen LogP contribution in [0.3, 0.4) is 0 Å². The summed E-state index contributed by atoms with van der Waals surface area (Å²) >= 11 is 9.12. The lowest BCUT2D eigenvalue weighted by atomic mass is 10.2. The van der Waals surface area contributed by atoms with Crippen molar-refractivity contribution < 1.29 is 0 Å². The minimum atomic E-state index is -0.117. The zero-order valence-corrected chi connectivity index (χ0v) is 13.5. The Bertz CT molecular complexity index is 1070. The van der Waals surface area contributed by atoms with E-state index >= 15 is 0 Å². The van der Waals surface area contributed by atoms with Crippen LogP contribution in [0.15, 0.2) is 46.6 Å². The van der Waals surface area contributed by atoms with E-state index < -0.39 is 0 Å². The molecule has 0 aliphatic carbocycles. The van der Waals surface area contributed by atoms with E-state index in [0.29, 0.717) is 25.9 Å². The van der Waals surface area contributed by atoms with Crippen LogP contribution in [0.2, 0.25) is 5.02 Å². The second kappa shape index (κ2) is 5.31. The van der Waals surface area contributed by atoms with Crippen molar-refractivity contribution >= 4 is 45.3 Å². The average Bonchev–Trinajstić information content (AvgIpc) is 3.21. The molecule has 0 saturated carbocycles. The molecule has 4 nitrogen and oxygen atoms in total. The first-order valence-corrected chi connectivity index (χ1v) is 8.49. The van der Waals surface area contributed by atoms with Gasteiger partial charge >= 0.3 is 0 Å².